The maximum atomic E-state index is 13.5. The fourth-order valence-corrected chi connectivity index (χ4v) is 1.46. The number of hydrogen-bond donors (Lipinski definition) is 2. The van der Waals surface area contributed by atoms with E-state index in [1.807, 2.05) is 0 Å². The van der Waals surface area contributed by atoms with Gasteiger partial charge in [-0.1, -0.05) is 0 Å². The lowest BCUT2D eigenvalue weighted by atomic mass is 10.2. The molecule has 6 nitrogen and oxygen atoms in total. The van der Waals surface area contributed by atoms with Crippen molar-refractivity contribution in [3.8, 4) is 5.69 Å². The Morgan fingerprint density at radius 2 is 2.33 bits per heavy atom. The van der Waals surface area contributed by atoms with E-state index in [-0.39, 0.29) is 18.1 Å². The molecule has 1 aromatic heterocycles. The lowest BCUT2D eigenvalue weighted by Crippen LogP contribution is -2.21. The van der Waals surface area contributed by atoms with Crippen LogP contribution in [0.25, 0.3) is 5.69 Å². The summed E-state index contributed by atoms with van der Waals surface area (Å²) in [5.41, 5.74) is 0.872. The van der Waals surface area contributed by atoms with E-state index in [1.165, 1.54) is 17.1 Å². The monoisotopic (exact) mass is 271 g/mol. The molecular weight excluding hydrogens is 261 g/mol. The number of alkyl halides is 1. The van der Waals surface area contributed by atoms with Crippen molar-refractivity contribution in [2.75, 3.05) is 17.7 Å². The highest BCUT2D eigenvalue weighted by Gasteiger charge is 2.07. The molecule has 96 valence electrons. The molecule has 1 heterocycles. The number of aromatic nitrogens is 4. The standard InChI is InChI=1S/C10H11ClFN5O/c11-4-8(18)5-13-10-3-7(1-2-9(10)12)17-6-14-15-16-17/h1-3,6,8,13,18H,4-5H2. The molecule has 0 aliphatic carbocycles. The number of aliphatic hydroxyl groups excluding tert-OH is 1. The molecule has 18 heavy (non-hydrogen) atoms. The van der Waals surface area contributed by atoms with Crippen molar-refractivity contribution >= 4 is 17.3 Å². The van der Waals surface area contributed by atoms with Gasteiger partial charge in [0.05, 0.1) is 23.4 Å². The van der Waals surface area contributed by atoms with Gasteiger partial charge in [-0.2, -0.15) is 0 Å². The van der Waals surface area contributed by atoms with Gasteiger partial charge in [-0.15, -0.1) is 16.7 Å². The first-order valence-corrected chi connectivity index (χ1v) is 5.75. The molecule has 0 aliphatic rings. The van der Waals surface area contributed by atoms with Crippen molar-refractivity contribution in [1.82, 2.24) is 20.2 Å². The van der Waals surface area contributed by atoms with Crippen LogP contribution in [0.1, 0.15) is 0 Å². The van der Waals surface area contributed by atoms with E-state index in [0.717, 1.165) is 0 Å². The Hall–Kier alpha value is -1.73. The highest BCUT2D eigenvalue weighted by Crippen LogP contribution is 2.18. The zero-order chi connectivity index (χ0) is 13.0. The maximum absolute atomic E-state index is 13.5. The normalized spacial score (nSPS) is 12.4. The van der Waals surface area contributed by atoms with E-state index in [2.05, 4.69) is 20.8 Å². The minimum atomic E-state index is -0.734. The van der Waals surface area contributed by atoms with Crippen LogP contribution in [-0.2, 0) is 0 Å². The lowest BCUT2D eigenvalue weighted by molar-refractivity contribution is 0.211. The summed E-state index contributed by atoms with van der Waals surface area (Å²) in [6, 6.07) is 4.40. The molecule has 0 aliphatic heterocycles. The van der Waals surface area contributed by atoms with Gasteiger partial charge in [0.25, 0.3) is 0 Å². The van der Waals surface area contributed by atoms with Gasteiger partial charge in [-0.05, 0) is 28.6 Å². The number of anilines is 1. The van der Waals surface area contributed by atoms with Gasteiger partial charge < -0.3 is 10.4 Å². The first kappa shape index (κ1) is 12.7. The third-order valence-electron chi connectivity index (χ3n) is 2.27. The number of halogens is 2. The van der Waals surface area contributed by atoms with Crippen LogP contribution in [0.5, 0.6) is 0 Å². The molecule has 0 saturated heterocycles. The van der Waals surface area contributed by atoms with Crippen LogP contribution in [0.2, 0.25) is 0 Å². The molecule has 0 saturated carbocycles. The summed E-state index contributed by atoms with van der Waals surface area (Å²) in [7, 11) is 0. The lowest BCUT2D eigenvalue weighted by Gasteiger charge is -2.11. The van der Waals surface area contributed by atoms with Crippen LogP contribution in [0.4, 0.5) is 10.1 Å². The first-order valence-electron chi connectivity index (χ1n) is 5.21. The minimum Gasteiger partial charge on any atom is -0.390 e. The Morgan fingerprint density at radius 1 is 1.50 bits per heavy atom. The molecule has 1 unspecified atom stereocenters. The number of aliphatic hydroxyl groups is 1. The van der Waals surface area contributed by atoms with Gasteiger partial charge in [-0.25, -0.2) is 9.07 Å². The van der Waals surface area contributed by atoms with Crippen LogP contribution >= 0.6 is 11.6 Å². The predicted octanol–water partition coefficient (Wildman–Crippen LogP) is 0.813. The molecule has 1 aromatic carbocycles. The van der Waals surface area contributed by atoms with Crippen LogP contribution in [0.15, 0.2) is 24.5 Å². The van der Waals surface area contributed by atoms with Crippen LogP contribution in [0, 0.1) is 5.82 Å². The average molecular weight is 272 g/mol. The van der Waals surface area contributed by atoms with E-state index in [4.69, 9.17) is 11.6 Å². The summed E-state index contributed by atoms with van der Waals surface area (Å²) in [6.45, 7) is 0.166. The number of hydrogen-bond acceptors (Lipinski definition) is 5. The average Bonchev–Trinajstić information content (AvgIpc) is 2.91. The molecule has 0 amide bonds. The van der Waals surface area contributed by atoms with Crippen molar-refractivity contribution < 1.29 is 9.50 Å². The quantitative estimate of drug-likeness (QED) is 0.787. The number of nitrogens with zero attached hydrogens (tertiary/aromatic N) is 4. The smallest absolute Gasteiger partial charge is 0.146 e. The third kappa shape index (κ3) is 2.93. The molecule has 2 aromatic rings. The second-order valence-electron chi connectivity index (χ2n) is 3.61. The van der Waals surface area contributed by atoms with E-state index < -0.39 is 11.9 Å². The van der Waals surface area contributed by atoms with Crippen molar-refractivity contribution in [3.63, 3.8) is 0 Å². The van der Waals surface area contributed by atoms with Gasteiger partial charge in [-0.3, -0.25) is 0 Å². The Balaban J connectivity index is 2.17. The Kier molecular flexibility index (Phi) is 4.06. The third-order valence-corrected chi connectivity index (χ3v) is 2.63. The molecule has 0 fully saturated rings. The Bertz CT molecular complexity index is 507. The largest absolute Gasteiger partial charge is 0.390 e. The van der Waals surface area contributed by atoms with Crippen LogP contribution in [-0.4, -0.2) is 43.8 Å². The molecule has 1 atom stereocenters. The van der Waals surface area contributed by atoms with Gasteiger partial charge in [0, 0.05) is 6.54 Å². The van der Waals surface area contributed by atoms with Crippen molar-refractivity contribution in [1.29, 1.82) is 0 Å². The van der Waals surface area contributed by atoms with Crippen molar-refractivity contribution in [2.24, 2.45) is 0 Å². The van der Waals surface area contributed by atoms with E-state index in [9.17, 15) is 9.50 Å². The molecule has 0 bridgehead atoms. The topological polar surface area (TPSA) is 75.9 Å². The van der Waals surface area contributed by atoms with E-state index >= 15 is 0 Å². The van der Waals surface area contributed by atoms with Crippen molar-refractivity contribution in [2.45, 2.75) is 6.10 Å². The number of tetrazole rings is 1. The maximum Gasteiger partial charge on any atom is 0.146 e. The second-order valence-corrected chi connectivity index (χ2v) is 3.92. The molecule has 0 radical (unpaired) electrons. The van der Waals surface area contributed by atoms with Gasteiger partial charge in [0.15, 0.2) is 0 Å². The van der Waals surface area contributed by atoms with Gasteiger partial charge in [0.1, 0.15) is 12.1 Å². The van der Waals surface area contributed by atoms with E-state index in [1.54, 1.807) is 12.1 Å². The van der Waals surface area contributed by atoms with Gasteiger partial charge in [0.2, 0.25) is 0 Å². The van der Waals surface area contributed by atoms with Gasteiger partial charge >= 0.3 is 0 Å². The zero-order valence-electron chi connectivity index (χ0n) is 9.29. The fraction of sp³-hybridized carbons (Fsp3) is 0.300. The Labute approximate surface area is 107 Å². The number of nitrogens with one attached hydrogen (secondary N) is 1. The SMILES string of the molecule is OC(CCl)CNc1cc(-n2cnnn2)ccc1F. The van der Waals surface area contributed by atoms with Crippen LogP contribution < -0.4 is 5.32 Å². The summed E-state index contributed by atoms with van der Waals surface area (Å²) >= 11 is 5.46. The van der Waals surface area contributed by atoms with E-state index in [0.29, 0.717) is 5.69 Å². The highest BCUT2D eigenvalue weighted by atomic mass is 35.5. The Morgan fingerprint density at radius 3 is 3.00 bits per heavy atom. The molecule has 0 spiro atoms. The molecule has 2 rings (SSSR count). The zero-order valence-corrected chi connectivity index (χ0v) is 10.0. The number of benzene rings is 1. The molecule has 8 heteroatoms. The summed E-state index contributed by atoms with van der Waals surface area (Å²) in [6.07, 6.45) is 0.674. The first-order chi connectivity index (χ1) is 8.70. The minimum absolute atomic E-state index is 0.0846. The fourth-order valence-electron chi connectivity index (χ4n) is 1.35. The highest BCUT2D eigenvalue weighted by molar-refractivity contribution is 6.18. The number of rotatable bonds is 5. The summed E-state index contributed by atoms with van der Waals surface area (Å²) in [5, 5.41) is 22.8. The molecule has 2 N–H and O–H groups in total. The van der Waals surface area contributed by atoms with Crippen molar-refractivity contribution in [3.05, 3.63) is 30.3 Å². The summed E-state index contributed by atoms with van der Waals surface area (Å²) in [5.74, 6) is -0.338. The molecular formula is C10H11ClFN5O. The summed E-state index contributed by atoms with van der Waals surface area (Å²) in [4.78, 5) is 0. The summed E-state index contributed by atoms with van der Waals surface area (Å²) < 4.78 is 14.9. The second kappa shape index (κ2) is 5.74. The van der Waals surface area contributed by atoms with Crippen LogP contribution in [0.3, 0.4) is 0 Å². The predicted molar refractivity (Wildman–Crippen MR) is 64.3 cm³/mol.